The highest BCUT2D eigenvalue weighted by atomic mass is 16.5. The van der Waals surface area contributed by atoms with E-state index in [1.54, 1.807) is 30.6 Å². The molecule has 0 radical (unpaired) electrons. The van der Waals surface area contributed by atoms with Crippen molar-refractivity contribution >= 4 is 22.9 Å². The molecule has 1 saturated heterocycles. The van der Waals surface area contributed by atoms with E-state index in [0.717, 1.165) is 0 Å². The highest BCUT2D eigenvalue weighted by Crippen LogP contribution is 2.43. The zero-order valence-electron chi connectivity index (χ0n) is 15.9. The van der Waals surface area contributed by atoms with Crippen molar-refractivity contribution in [2.75, 3.05) is 5.32 Å². The molecule has 0 spiro atoms. The molecule has 1 amide bonds. The summed E-state index contributed by atoms with van der Waals surface area (Å²) in [5.74, 6) is 0.132. The van der Waals surface area contributed by atoms with Crippen molar-refractivity contribution in [2.24, 2.45) is 5.92 Å². The highest BCUT2D eigenvalue weighted by Gasteiger charge is 2.39. The molecular formula is C19H19N5O2. The number of aromatic nitrogens is 4. The van der Waals surface area contributed by atoms with E-state index in [-0.39, 0.29) is 37.0 Å². The van der Waals surface area contributed by atoms with Gasteiger partial charge in [0.1, 0.15) is 12.6 Å². The SMILES string of the molecule is [3H][C@@H]1C[C@@H]([3H])[C@H]2O[C@@H](n3cnc4c(NC(=O)c5ccccc5)ncnc43)C[C@H]21. The third-order valence-corrected chi connectivity index (χ3v) is 4.95. The quantitative estimate of drug-likeness (QED) is 0.782. The summed E-state index contributed by atoms with van der Waals surface area (Å²) in [6.07, 6.45) is 3.08. The Morgan fingerprint density at radius 3 is 2.96 bits per heavy atom. The van der Waals surface area contributed by atoms with Crippen LogP contribution in [0.25, 0.3) is 11.2 Å². The number of nitrogens with one attached hydrogen (secondary N) is 1. The fraction of sp³-hybridized carbons (Fsp3) is 0.368. The maximum atomic E-state index is 12.5. The van der Waals surface area contributed by atoms with Crippen LogP contribution in [-0.4, -0.2) is 31.5 Å². The smallest absolute Gasteiger partial charge is 0.256 e. The standard InChI is InChI=1S/C19H19N5O2/c25-19(12-5-2-1-3-6-12)23-17-16-18(21-10-20-17)24(11-22-16)15-9-13-7-4-8-14(13)26-15/h1-3,5-6,10-11,13-15H,4,7-9H2,(H,20,21,23,25)/t13-,14-,15-/m1/s1/i7T,8T/t7-,8-,13-,14-,15-. The Hall–Kier alpha value is -2.80. The van der Waals surface area contributed by atoms with Gasteiger partial charge in [-0.1, -0.05) is 24.6 Å². The van der Waals surface area contributed by atoms with Gasteiger partial charge in [0, 0.05) is 8.30 Å². The number of nitrogens with zero attached hydrogens (tertiary/aromatic N) is 4. The van der Waals surface area contributed by atoms with E-state index in [0.29, 0.717) is 35.4 Å². The minimum Gasteiger partial charge on any atom is -0.354 e. The number of rotatable bonds is 3. The van der Waals surface area contributed by atoms with Crippen LogP contribution in [0.2, 0.25) is 0 Å². The first-order chi connectivity index (χ1) is 13.6. The molecule has 3 aromatic rings. The number of carbonyl (C=O) groups is 1. The molecule has 5 rings (SSSR count). The lowest BCUT2D eigenvalue weighted by Crippen LogP contribution is -2.14. The van der Waals surface area contributed by atoms with E-state index in [1.807, 2.05) is 10.6 Å². The number of hydrogen-bond donors (Lipinski definition) is 1. The Kier molecular flexibility index (Phi) is 3.18. The number of carbonyl (C=O) groups excluding carboxylic acids is 1. The molecule has 2 fully saturated rings. The molecule has 2 aromatic heterocycles. The summed E-state index contributed by atoms with van der Waals surface area (Å²) >= 11 is 0. The normalized spacial score (nSPS) is 31.5. The molecule has 132 valence electrons. The van der Waals surface area contributed by atoms with Gasteiger partial charge in [0.25, 0.3) is 5.91 Å². The summed E-state index contributed by atoms with van der Waals surface area (Å²) in [6.45, 7) is 0. The molecule has 5 atom stereocenters. The van der Waals surface area contributed by atoms with Crippen LogP contribution in [0.4, 0.5) is 5.82 Å². The molecule has 1 aliphatic heterocycles. The summed E-state index contributed by atoms with van der Waals surface area (Å²) in [6, 6.07) is 8.90. The van der Waals surface area contributed by atoms with Crippen LogP contribution < -0.4 is 5.32 Å². The number of fused-ring (bicyclic) bond motifs is 2. The van der Waals surface area contributed by atoms with Crippen molar-refractivity contribution in [1.82, 2.24) is 19.5 Å². The van der Waals surface area contributed by atoms with E-state index in [1.165, 1.54) is 6.33 Å². The Labute approximate surface area is 153 Å². The van der Waals surface area contributed by atoms with E-state index in [2.05, 4.69) is 20.3 Å². The number of imidazole rings is 1. The minimum atomic E-state index is -0.359. The van der Waals surface area contributed by atoms with Crippen LogP contribution in [0.15, 0.2) is 43.0 Å². The Bertz CT molecular complexity index is 1010. The van der Waals surface area contributed by atoms with Gasteiger partial charge in [-0.2, -0.15) is 0 Å². The van der Waals surface area contributed by atoms with Crippen molar-refractivity contribution in [3.8, 4) is 0 Å². The van der Waals surface area contributed by atoms with Gasteiger partial charge in [0.15, 0.2) is 17.0 Å². The molecule has 2 aliphatic rings. The fourth-order valence-corrected chi connectivity index (χ4v) is 3.66. The van der Waals surface area contributed by atoms with Gasteiger partial charge in [-0.25, -0.2) is 15.0 Å². The largest absolute Gasteiger partial charge is 0.354 e. The monoisotopic (exact) mass is 353 g/mol. The molecule has 1 N–H and O–H groups in total. The average Bonchev–Trinajstić information content (AvgIpc) is 3.39. The predicted octanol–water partition coefficient (Wildman–Crippen LogP) is 3.17. The van der Waals surface area contributed by atoms with Crippen LogP contribution in [0.1, 0.15) is 45.0 Å². The summed E-state index contributed by atoms with van der Waals surface area (Å²) < 4.78 is 24.2. The summed E-state index contributed by atoms with van der Waals surface area (Å²) in [5, 5.41) is 2.79. The number of amides is 1. The Balaban J connectivity index is 1.43. The number of ether oxygens (including phenoxy) is 1. The number of hydrogen-bond acceptors (Lipinski definition) is 5. The lowest BCUT2D eigenvalue weighted by Gasteiger charge is -2.14. The van der Waals surface area contributed by atoms with Gasteiger partial charge in [0.05, 0.1) is 12.4 Å². The van der Waals surface area contributed by atoms with Crippen molar-refractivity contribution < 1.29 is 12.3 Å². The first-order valence-corrected chi connectivity index (χ1v) is 8.65. The van der Waals surface area contributed by atoms with Crippen LogP contribution >= 0.6 is 0 Å². The second-order valence-corrected chi connectivity index (χ2v) is 6.53. The molecular weight excluding hydrogens is 330 g/mol. The average molecular weight is 353 g/mol. The third kappa shape index (κ3) is 2.55. The summed E-state index contributed by atoms with van der Waals surface area (Å²) in [5.41, 5.74) is 1.58. The van der Waals surface area contributed by atoms with Crippen LogP contribution in [0, 0.1) is 5.92 Å². The van der Waals surface area contributed by atoms with E-state index in [4.69, 9.17) is 7.48 Å². The topological polar surface area (TPSA) is 81.9 Å². The lowest BCUT2D eigenvalue weighted by atomic mass is 10.0. The van der Waals surface area contributed by atoms with E-state index in [9.17, 15) is 4.79 Å². The molecule has 7 heteroatoms. The molecule has 0 bridgehead atoms. The van der Waals surface area contributed by atoms with Gasteiger partial charge in [-0.3, -0.25) is 9.36 Å². The van der Waals surface area contributed by atoms with Gasteiger partial charge in [0.2, 0.25) is 0 Å². The van der Waals surface area contributed by atoms with Gasteiger partial charge < -0.3 is 10.1 Å². The number of benzene rings is 1. The van der Waals surface area contributed by atoms with Crippen molar-refractivity contribution in [3.05, 3.63) is 48.5 Å². The molecule has 7 nitrogen and oxygen atoms in total. The Morgan fingerprint density at radius 2 is 2.12 bits per heavy atom. The zero-order chi connectivity index (χ0) is 19.3. The summed E-state index contributed by atoms with van der Waals surface area (Å²) in [4.78, 5) is 25.3. The molecule has 1 saturated carbocycles. The molecule has 1 aromatic carbocycles. The lowest BCUT2D eigenvalue weighted by molar-refractivity contribution is 0.00170. The van der Waals surface area contributed by atoms with Crippen LogP contribution in [0.3, 0.4) is 0 Å². The van der Waals surface area contributed by atoms with Crippen molar-refractivity contribution in [2.45, 2.75) is 38.0 Å². The fourth-order valence-electron chi connectivity index (χ4n) is 3.66. The predicted molar refractivity (Wildman–Crippen MR) is 95.6 cm³/mol. The van der Waals surface area contributed by atoms with Gasteiger partial charge >= 0.3 is 0 Å². The first kappa shape index (κ1) is 13.4. The van der Waals surface area contributed by atoms with Crippen molar-refractivity contribution in [3.63, 3.8) is 0 Å². The zero-order valence-corrected chi connectivity index (χ0v) is 13.9. The Morgan fingerprint density at radius 1 is 1.23 bits per heavy atom. The first-order valence-electron chi connectivity index (χ1n) is 9.81. The van der Waals surface area contributed by atoms with E-state index >= 15 is 0 Å². The molecule has 0 unspecified atom stereocenters. The second-order valence-electron chi connectivity index (χ2n) is 6.53. The molecule has 26 heavy (non-hydrogen) atoms. The number of anilines is 1. The molecule has 3 heterocycles. The molecule has 1 aliphatic carbocycles. The van der Waals surface area contributed by atoms with E-state index < -0.39 is 0 Å². The summed E-state index contributed by atoms with van der Waals surface area (Å²) in [7, 11) is 0. The maximum absolute atomic E-state index is 12.5. The second kappa shape index (κ2) is 6.17. The maximum Gasteiger partial charge on any atom is 0.256 e. The van der Waals surface area contributed by atoms with Crippen LogP contribution in [-0.2, 0) is 4.74 Å². The van der Waals surface area contributed by atoms with Crippen LogP contribution in [0.5, 0.6) is 0 Å². The van der Waals surface area contributed by atoms with Crippen molar-refractivity contribution in [1.29, 1.82) is 0 Å². The minimum absolute atomic E-state index is 0.0593. The van der Waals surface area contributed by atoms with Gasteiger partial charge in [-0.05, 0) is 37.3 Å². The third-order valence-electron chi connectivity index (χ3n) is 4.95. The van der Waals surface area contributed by atoms with Gasteiger partial charge in [-0.15, -0.1) is 0 Å². The highest BCUT2D eigenvalue weighted by molar-refractivity contribution is 6.06.